The van der Waals surface area contributed by atoms with Crippen molar-refractivity contribution in [3.8, 4) is 11.3 Å². The predicted molar refractivity (Wildman–Crippen MR) is 159 cm³/mol. The van der Waals surface area contributed by atoms with E-state index in [1.54, 1.807) is 6.20 Å². The Labute approximate surface area is 235 Å². The summed E-state index contributed by atoms with van der Waals surface area (Å²) in [6.45, 7) is 10.4. The van der Waals surface area contributed by atoms with E-state index < -0.39 is 0 Å². The summed E-state index contributed by atoms with van der Waals surface area (Å²) < 4.78 is 0. The number of aromatic amines is 1. The molecule has 0 spiro atoms. The number of piperazine rings is 1. The molecule has 2 aromatic carbocycles. The molecule has 0 unspecified atom stereocenters. The van der Waals surface area contributed by atoms with Gasteiger partial charge < -0.3 is 15.4 Å². The first-order valence-electron chi connectivity index (χ1n) is 14.0. The number of hydrogen-bond donors (Lipinski definition) is 3. The fraction of sp³-hybridized carbons (Fsp3) is 0.419. The number of benzene rings is 2. The summed E-state index contributed by atoms with van der Waals surface area (Å²) >= 11 is 6.60. The molecule has 2 aromatic heterocycles. The SMILES string of the molecule is Cc1ccc2c(-c3nc(Nc4cc(CN5C[C@@H](C)N(CCO)[C@@H](C)C5)cc(C5CC5)c4)ncc3Cl)c[nH]c2c1. The highest BCUT2D eigenvalue weighted by atomic mass is 35.5. The molecule has 1 saturated heterocycles. The van der Waals surface area contributed by atoms with Gasteiger partial charge in [0, 0.05) is 66.6 Å². The molecule has 4 aromatic rings. The first-order valence-corrected chi connectivity index (χ1v) is 14.4. The molecule has 1 saturated carbocycles. The van der Waals surface area contributed by atoms with Gasteiger partial charge in [-0.3, -0.25) is 9.80 Å². The number of β-amino-alcohol motifs (C(OH)–C–C–N with tert-alkyl or cyclic N) is 1. The molecule has 7 nitrogen and oxygen atoms in total. The third kappa shape index (κ3) is 5.68. The predicted octanol–water partition coefficient (Wildman–Crippen LogP) is 6.09. The Morgan fingerprint density at radius 3 is 2.64 bits per heavy atom. The number of aliphatic hydroxyl groups is 1. The summed E-state index contributed by atoms with van der Waals surface area (Å²) in [4.78, 5) is 17.7. The number of fused-ring (bicyclic) bond motifs is 1. The molecule has 2 fully saturated rings. The lowest BCUT2D eigenvalue weighted by Gasteiger charge is -2.44. The quantitative estimate of drug-likeness (QED) is 0.249. The van der Waals surface area contributed by atoms with Crippen molar-refractivity contribution >= 4 is 34.1 Å². The molecule has 2 atom stereocenters. The molecule has 3 heterocycles. The van der Waals surface area contributed by atoms with Crippen molar-refractivity contribution in [2.24, 2.45) is 0 Å². The minimum atomic E-state index is 0.210. The third-order valence-electron chi connectivity index (χ3n) is 8.10. The lowest BCUT2D eigenvalue weighted by atomic mass is 10.0. The van der Waals surface area contributed by atoms with Crippen LogP contribution in [0.4, 0.5) is 11.6 Å². The van der Waals surface area contributed by atoms with Crippen LogP contribution < -0.4 is 5.32 Å². The van der Waals surface area contributed by atoms with Crippen molar-refractivity contribution in [2.75, 3.05) is 31.6 Å². The van der Waals surface area contributed by atoms with E-state index in [-0.39, 0.29) is 6.61 Å². The zero-order valence-electron chi connectivity index (χ0n) is 22.9. The molecule has 1 aliphatic heterocycles. The number of nitrogens with zero attached hydrogens (tertiary/aromatic N) is 4. The fourth-order valence-electron chi connectivity index (χ4n) is 6.13. The Balaban J connectivity index is 1.25. The van der Waals surface area contributed by atoms with Crippen LogP contribution in [0.25, 0.3) is 22.2 Å². The fourth-order valence-corrected chi connectivity index (χ4v) is 6.32. The van der Waals surface area contributed by atoms with Gasteiger partial charge in [-0.15, -0.1) is 0 Å². The molecule has 0 amide bonds. The molecule has 39 heavy (non-hydrogen) atoms. The molecule has 204 valence electrons. The van der Waals surface area contributed by atoms with Gasteiger partial charge in [0.1, 0.15) is 0 Å². The zero-order valence-corrected chi connectivity index (χ0v) is 23.7. The zero-order chi connectivity index (χ0) is 27.1. The van der Waals surface area contributed by atoms with E-state index in [0.717, 1.165) is 48.3 Å². The second kappa shape index (κ2) is 10.9. The molecule has 1 aliphatic carbocycles. The van der Waals surface area contributed by atoms with E-state index in [0.29, 0.717) is 34.7 Å². The topological polar surface area (TPSA) is 80.3 Å². The van der Waals surface area contributed by atoms with E-state index >= 15 is 0 Å². The van der Waals surface area contributed by atoms with E-state index in [1.165, 1.54) is 29.5 Å². The highest BCUT2D eigenvalue weighted by Crippen LogP contribution is 2.42. The van der Waals surface area contributed by atoms with Gasteiger partial charge in [0.15, 0.2) is 0 Å². The molecular weight excluding hydrogens is 508 g/mol. The minimum absolute atomic E-state index is 0.210. The van der Waals surface area contributed by atoms with Crippen LogP contribution in [0.5, 0.6) is 0 Å². The van der Waals surface area contributed by atoms with E-state index in [1.807, 2.05) is 6.20 Å². The summed E-state index contributed by atoms with van der Waals surface area (Å²) in [6.07, 6.45) is 6.15. The summed E-state index contributed by atoms with van der Waals surface area (Å²) in [5.41, 5.74) is 7.65. The van der Waals surface area contributed by atoms with E-state index in [2.05, 4.69) is 82.3 Å². The molecule has 3 N–H and O–H groups in total. The second-order valence-electron chi connectivity index (χ2n) is 11.4. The minimum Gasteiger partial charge on any atom is -0.395 e. The molecule has 2 aliphatic rings. The van der Waals surface area contributed by atoms with E-state index in [9.17, 15) is 5.11 Å². The Kier molecular flexibility index (Phi) is 7.33. The van der Waals surface area contributed by atoms with Gasteiger partial charge in [-0.25, -0.2) is 9.97 Å². The van der Waals surface area contributed by atoms with Gasteiger partial charge in [0.2, 0.25) is 5.95 Å². The van der Waals surface area contributed by atoms with Gasteiger partial charge in [0.25, 0.3) is 0 Å². The average molecular weight is 545 g/mol. The Morgan fingerprint density at radius 1 is 1.10 bits per heavy atom. The smallest absolute Gasteiger partial charge is 0.227 e. The number of halogens is 1. The second-order valence-corrected chi connectivity index (χ2v) is 11.8. The maximum atomic E-state index is 9.46. The molecular formula is C31H37ClN6O. The molecule has 8 heteroatoms. The normalized spacial score (nSPS) is 20.5. The maximum Gasteiger partial charge on any atom is 0.227 e. The standard InChI is InChI=1S/C31H37ClN6O/c1-19-4-7-26-27(14-33-29(26)10-19)30-28(32)15-34-31(36-30)35-25-12-22(11-24(13-25)23-5-6-23)18-37-16-20(2)38(8-9-39)21(3)17-37/h4,7,10-15,20-21,23,33,39H,5-6,8-9,16-18H2,1-3H3,(H,34,35,36)/t20-,21+. The van der Waals surface area contributed by atoms with Crippen LogP contribution in [0.1, 0.15) is 49.3 Å². The van der Waals surface area contributed by atoms with Crippen molar-refractivity contribution in [3.63, 3.8) is 0 Å². The Hall–Kier alpha value is -2.97. The van der Waals surface area contributed by atoms with Crippen LogP contribution in [0, 0.1) is 6.92 Å². The Bertz CT molecular complexity index is 1470. The van der Waals surface area contributed by atoms with Crippen molar-refractivity contribution in [3.05, 3.63) is 70.5 Å². The summed E-state index contributed by atoms with van der Waals surface area (Å²) in [5, 5.41) is 14.6. The van der Waals surface area contributed by atoms with Gasteiger partial charge >= 0.3 is 0 Å². The number of anilines is 2. The van der Waals surface area contributed by atoms with Crippen LogP contribution >= 0.6 is 11.6 Å². The number of aliphatic hydroxyl groups excluding tert-OH is 1. The molecule has 0 radical (unpaired) electrons. The van der Waals surface area contributed by atoms with E-state index in [4.69, 9.17) is 16.6 Å². The van der Waals surface area contributed by atoms with Crippen molar-refractivity contribution < 1.29 is 5.11 Å². The van der Waals surface area contributed by atoms with Crippen LogP contribution in [-0.4, -0.2) is 68.2 Å². The highest BCUT2D eigenvalue weighted by molar-refractivity contribution is 6.33. The van der Waals surface area contributed by atoms with Gasteiger partial charge in [-0.05, 0) is 74.4 Å². The molecule has 0 bridgehead atoms. The van der Waals surface area contributed by atoms with Gasteiger partial charge in [-0.2, -0.15) is 0 Å². The van der Waals surface area contributed by atoms with Crippen molar-refractivity contribution in [1.29, 1.82) is 0 Å². The van der Waals surface area contributed by atoms with Gasteiger partial charge in [0.05, 0.1) is 23.5 Å². The number of H-pyrrole nitrogens is 1. The monoisotopic (exact) mass is 544 g/mol. The number of nitrogens with one attached hydrogen (secondary N) is 2. The van der Waals surface area contributed by atoms with Crippen LogP contribution in [-0.2, 0) is 6.54 Å². The lowest BCUT2D eigenvalue weighted by molar-refractivity contribution is 0.0238. The summed E-state index contributed by atoms with van der Waals surface area (Å²) in [6, 6.07) is 14.0. The van der Waals surface area contributed by atoms with Crippen LogP contribution in [0.15, 0.2) is 48.8 Å². The van der Waals surface area contributed by atoms with Crippen LogP contribution in [0.3, 0.4) is 0 Å². The highest BCUT2D eigenvalue weighted by Gasteiger charge is 2.29. The largest absolute Gasteiger partial charge is 0.395 e. The number of rotatable bonds is 8. The van der Waals surface area contributed by atoms with Crippen molar-refractivity contribution in [2.45, 2.75) is 58.2 Å². The lowest BCUT2D eigenvalue weighted by Crippen LogP contribution is -2.56. The molecule has 6 rings (SSSR count). The number of aromatic nitrogens is 3. The van der Waals surface area contributed by atoms with Crippen LogP contribution in [0.2, 0.25) is 5.02 Å². The Morgan fingerprint density at radius 2 is 1.90 bits per heavy atom. The van der Waals surface area contributed by atoms with Gasteiger partial charge in [-0.1, -0.05) is 29.8 Å². The third-order valence-corrected chi connectivity index (χ3v) is 8.37. The maximum absolute atomic E-state index is 9.46. The number of aryl methyl sites for hydroxylation is 1. The van der Waals surface area contributed by atoms with Crippen molar-refractivity contribution in [1.82, 2.24) is 24.8 Å². The number of hydrogen-bond acceptors (Lipinski definition) is 6. The summed E-state index contributed by atoms with van der Waals surface area (Å²) in [5.74, 6) is 1.18. The first kappa shape index (κ1) is 26.3. The average Bonchev–Trinajstić information content (AvgIpc) is 3.67. The first-order chi connectivity index (χ1) is 18.9. The summed E-state index contributed by atoms with van der Waals surface area (Å²) in [7, 11) is 0.